The molecule has 0 aliphatic carbocycles. The molecule has 20 heavy (non-hydrogen) atoms. The zero-order valence-corrected chi connectivity index (χ0v) is 12.0. The summed E-state index contributed by atoms with van der Waals surface area (Å²) in [5, 5.41) is 3.92. The van der Waals surface area contributed by atoms with Crippen LogP contribution < -0.4 is 15.8 Å². The Labute approximate surface area is 122 Å². The second-order valence-corrected chi connectivity index (χ2v) is 4.93. The van der Waals surface area contributed by atoms with Crippen molar-refractivity contribution in [1.29, 1.82) is 0 Å². The number of halogens is 2. The van der Waals surface area contributed by atoms with E-state index in [9.17, 15) is 4.39 Å². The summed E-state index contributed by atoms with van der Waals surface area (Å²) in [6.45, 7) is 1.98. The number of ether oxygens (including phenoxy) is 1. The van der Waals surface area contributed by atoms with Crippen molar-refractivity contribution in [3.8, 4) is 5.75 Å². The van der Waals surface area contributed by atoms with E-state index in [1.165, 1.54) is 13.2 Å². The molecule has 0 saturated carbocycles. The van der Waals surface area contributed by atoms with Crippen molar-refractivity contribution in [3.63, 3.8) is 0 Å². The molecule has 0 fully saturated rings. The van der Waals surface area contributed by atoms with E-state index in [1.807, 2.05) is 31.2 Å². The molecule has 0 bridgehead atoms. The zero-order valence-electron chi connectivity index (χ0n) is 11.3. The average Bonchev–Trinajstić information content (AvgIpc) is 2.42. The molecule has 0 aliphatic heterocycles. The number of nitrogen functional groups attached to an aromatic ring is 1. The Morgan fingerprint density at radius 3 is 2.50 bits per heavy atom. The molecule has 0 amide bonds. The molecule has 106 valence electrons. The summed E-state index contributed by atoms with van der Waals surface area (Å²) < 4.78 is 18.4. The van der Waals surface area contributed by atoms with Crippen LogP contribution in [0.2, 0.25) is 5.02 Å². The van der Waals surface area contributed by atoms with Gasteiger partial charge in [-0.2, -0.15) is 0 Å². The summed E-state index contributed by atoms with van der Waals surface area (Å²) in [6, 6.07) is 10.3. The van der Waals surface area contributed by atoms with Gasteiger partial charge in [0.25, 0.3) is 0 Å². The van der Waals surface area contributed by atoms with Crippen LogP contribution in [0, 0.1) is 5.82 Å². The maximum atomic E-state index is 13.5. The molecule has 0 aliphatic rings. The Morgan fingerprint density at radius 1 is 1.25 bits per heavy atom. The summed E-state index contributed by atoms with van der Waals surface area (Å²) in [7, 11) is 1.42. The lowest BCUT2D eigenvalue weighted by molar-refractivity contribution is 0.387. The van der Waals surface area contributed by atoms with E-state index in [0.29, 0.717) is 16.4 Å². The maximum Gasteiger partial charge on any atom is 0.167 e. The molecule has 2 rings (SSSR count). The maximum absolute atomic E-state index is 13.5. The van der Waals surface area contributed by atoms with Gasteiger partial charge in [-0.05, 0) is 24.6 Å². The first-order valence-corrected chi connectivity index (χ1v) is 6.54. The highest BCUT2D eigenvalue weighted by atomic mass is 35.5. The molecule has 0 saturated heterocycles. The monoisotopic (exact) mass is 294 g/mol. The zero-order chi connectivity index (χ0) is 14.7. The number of methoxy groups -OCH3 is 1. The van der Waals surface area contributed by atoms with Crippen LogP contribution in [0.1, 0.15) is 18.5 Å². The number of anilines is 2. The Kier molecular flexibility index (Phi) is 4.35. The second kappa shape index (κ2) is 6.01. The van der Waals surface area contributed by atoms with E-state index >= 15 is 0 Å². The minimum atomic E-state index is -0.477. The van der Waals surface area contributed by atoms with Gasteiger partial charge in [0, 0.05) is 23.2 Å². The molecular formula is C15H16ClFN2O. The minimum Gasteiger partial charge on any atom is -0.494 e. The minimum absolute atomic E-state index is 0.00438. The van der Waals surface area contributed by atoms with Crippen molar-refractivity contribution >= 4 is 23.0 Å². The van der Waals surface area contributed by atoms with E-state index in [1.54, 1.807) is 6.07 Å². The topological polar surface area (TPSA) is 47.3 Å². The van der Waals surface area contributed by atoms with E-state index in [-0.39, 0.29) is 11.8 Å². The van der Waals surface area contributed by atoms with Crippen LogP contribution in [0.4, 0.5) is 15.8 Å². The molecule has 0 spiro atoms. The van der Waals surface area contributed by atoms with Gasteiger partial charge in [-0.3, -0.25) is 0 Å². The van der Waals surface area contributed by atoms with Gasteiger partial charge in [-0.25, -0.2) is 4.39 Å². The third kappa shape index (κ3) is 3.14. The van der Waals surface area contributed by atoms with E-state index in [4.69, 9.17) is 22.1 Å². The van der Waals surface area contributed by atoms with Gasteiger partial charge < -0.3 is 15.8 Å². The number of nitrogens with two attached hydrogens (primary N) is 1. The fraction of sp³-hybridized carbons (Fsp3) is 0.200. The van der Waals surface area contributed by atoms with Crippen LogP contribution in [-0.2, 0) is 0 Å². The fourth-order valence-corrected chi connectivity index (χ4v) is 2.04. The lowest BCUT2D eigenvalue weighted by Crippen LogP contribution is -2.09. The fourth-order valence-electron chi connectivity index (χ4n) is 1.92. The average molecular weight is 295 g/mol. The van der Waals surface area contributed by atoms with Crippen LogP contribution in [0.3, 0.4) is 0 Å². The predicted molar refractivity (Wildman–Crippen MR) is 80.9 cm³/mol. The van der Waals surface area contributed by atoms with Crippen LogP contribution in [0.15, 0.2) is 36.4 Å². The molecule has 3 N–H and O–H groups in total. The van der Waals surface area contributed by atoms with Gasteiger partial charge in [0.15, 0.2) is 11.6 Å². The summed E-state index contributed by atoms with van der Waals surface area (Å²) in [5.74, 6) is -0.320. The van der Waals surface area contributed by atoms with E-state index in [2.05, 4.69) is 5.32 Å². The number of rotatable bonds is 4. The molecule has 2 aromatic rings. The number of hydrogen-bond acceptors (Lipinski definition) is 3. The Morgan fingerprint density at radius 2 is 1.90 bits per heavy atom. The normalized spacial score (nSPS) is 12.0. The van der Waals surface area contributed by atoms with Gasteiger partial charge in [-0.1, -0.05) is 23.7 Å². The third-order valence-electron chi connectivity index (χ3n) is 3.07. The lowest BCUT2D eigenvalue weighted by Gasteiger charge is -2.18. The molecule has 2 aromatic carbocycles. The van der Waals surface area contributed by atoms with Crippen LogP contribution in [0.25, 0.3) is 0 Å². The van der Waals surface area contributed by atoms with Gasteiger partial charge >= 0.3 is 0 Å². The molecule has 3 nitrogen and oxygen atoms in total. The molecule has 5 heteroatoms. The molecule has 0 aromatic heterocycles. The van der Waals surface area contributed by atoms with Gasteiger partial charge in [0.1, 0.15) is 0 Å². The third-order valence-corrected chi connectivity index (χ3v) is 3.32. The predicted octanol–water partition coefficient (Wildman–Crippen LogP) is 4.24. The Balaban J connectivity index is 2.23. The first-order chi connectivity index (χ1) is 9.51. The van der Waals surface area contributed by atoms with Crippen molar-refractivity contribution in [1.82, 2.24) is 0 Å². The van der Waals surface area contributed by atoms with Crippen molar-refractivity contribution in [2.45, 2.75) is 13.0 Å². The van der Waals surface area contributed by atoms with Crippen LogP contribution in [0.5, 0.6) is 5.75 Å². The lowest BCUT2D eigenvalue weighted by atomic mass is 10.1. The van der Waals surface area contributed by atoms with Gasteiger partial charge in [-0.15, -0.1) is 0 Å². The van der Waals surface area contributed by atoms with Gasteiger partial charge in [0.2, 0.25) is 0 Å². The van der Waals surface area contributed by atoms with Crippen molar-refractivity contribution < 1.29 is 9.13 Å². The smallest absolute Gasteiger partial charge is 0.167 e. The van der Waals surface area contributed by atoms with Crippen LogP contribution >= 0.6 is 11.6 Å². The SMILES string of the molecule is COc1cc(NC(C)c2ccc(Cl)cc2)c(N)cc1F. The molecule has 0 heterocycles. The number of benzene rings is 2. The summed E-state index contributed by atoms with van der Waals surface area (Å²) in [5.41, 5.74) is 7.84. The standard InChI is InChI=1S/C15H16ClFN2O/c1-9(10-3-5-11(16)6-4-10)19-14-8-15(20-2)12(17)7-13(14)18/h3-9,19H,18H2,1-2H3. The van der Waals surface area contributed by atoms with Crippen LogP contribution in [-0.4, -0.2) is 7.11 Å². The summed E-state index contributed by atoms with van der Waals surface area (Å²) >= 11 is 5.86. The Hall–Kier alpha value is -1.94. The molecule has 0 radical (unpaired) electrons. The van der Waals surface area contributed by atoms with E-state index in [0.717, 1.165) is 5.56 Å². The number of hydrogen-bond donors (Lipinski definition) is 2. The summed E-state index contributed by atoms with van der Waals surface area (Å²) in [4.78, 5) is 0. The molecular weight excluding hydrogens is 279 g/mol. The van der Waals surface area contributed by atoms with Crippen molar-refractivity contribution in [2.24, 2.45) is 0 Å². The first-order valence-electron chi connectivity index (χ1n) is 6.16. The number of nitrogens with one attached hydrogen (secondary N) is 1. The molecule has 1 atom stereocenters. The van der Waals surface area contributed by atoms with Crippen molar-refractivity contribution in [2.75, 3.05) is 18.2 Å². The largest absolute Gasteiger partial charge is 0.494 e. The quantitative estimate of drug-likeness (QED) is 0.829. The highest BCUT2D eigenvalue weighted by Gasteiger charge is 2.11. The Bertz CT molecular complexity index is 602. The second-order valence-electron chi connectivity index (χ2n) is 4.49. The van der Waals surface area contributed by atoms with E-state index < -0.39 is 5.82 Å². The summed E-state index contributed by atoms with van der Waals surface area (Å²) in [6.07, 6.45) is 0. The highest BCUT2D eigenvalue weighted by molar-refractivity contribution is 6.30. The van der Waals surface area contributed by atoms with Gasteiger partial charge in [0.05, 0.1) is 18.5 Å². The van der Waals surface area contributed by atoms with Crippen molar-refractivity contribution in [3.05, 3.63) is 52.8 Å². The molecule has 1 unspecified atom stereocenters. The first kappa shape index (κ1) is 14.5. The highest BCUT2D eigenvalue weighted by Crippen LogP contribution is 2.30.